The predicted molar refractivity (Wildman–Crippen MR) is 168 cm³/mol. The maximum atomic E-state index is 12.8. The fraction of sp³-hybridized carbons (Fsp3) is 0.917. The molecule has 1 heterocycles. The smallest absolute Gasteiger partial charge is 0.187 e. The minimum Gasteiger partial charge on any atom is -0.396 e. The number of rotatable bonds is 5. The Hall–Kier alpha value is -0.950. The standard InChI is InChI=1S/C36H58O10/c1-31(2)11-12-36(18-39)20(13-31)19-7-8-24-32(3)14-21(40)29(46-30-28(44)27(43)26(42)22(16-37)45-30)33(4,17-38)23(32)9-10-34(24,5)35(19,6)15-25(36)41/h7,18,20-30,37-38,40-44H,8-17H2,1-6H3/t20-,21+,22+,23+,24+,25?,26+,27-,28+,29-,30-,32-,33-,34+,35+,36+/m0/s1. The summed E-state index contributed by atoms with van der Waals surface area (Å²) in [5.74, 6) is 0.0339. The average molecular weight is 651 g/mol. The molecule has 1 aliphatic heterocycles. The molecule has 0 amide bonds. The lowest BCUT2D eigenvalue weighted by atomic mass is 9.33. The number of hydrogen-bond acceptors (Lipinski definition) is 10. The Bertz CT molecular complexity index is 1220. The summed E-state index contributed by atoms with van der Waals surface area (Å²) in [6.45, 7) is 12.4. The van der Waals surface area contributed by atoms with Crippen molar-refractivity contribution < 1.29 is 50.0 Å². The second-order valence-electron chi connectivity index (χ2n) is 17.9. The molecule has 5 aliphatic carbocycles. The van der Waals surface area contributed by atoms with Crippen LogP contribution in [0.15, 0.2) is 11.6 Å². The first-order valence-electron chi connectivity index (χ1n) is 17.5. The molecule has 7 N–H and O–H groups in total. The molecule has 16 atom stereocenters. The van der Waals surface area contributed by atoms with Crippen molar-refractivity contribution in [2.45, 2.75) is 142 Å². The number of carbonyl (C=O) groups is 1. The quantitative estimate of drug-likeness (QED) is 0.132. The van der Waals surface area contributed by atoms with Crippen molar-refractivity contribution >= 4 is 6.29 Å². The molecule has 262 valence electrons. The first-order chi connectivity index (χ1) is 21.4. The summed E-state index contributed by atoms with van der Waals surface area (Å²) in [5.41, 5.74) is -1.30. The summed E-state index contributed by atoms with van der Waals surface area (Å²) < 4.78 is 11.9. The van der Waals surface area contributed by atoms with E-state index in [2.05, 4.69) is 40.7 Å². The van der Waals surface area contributed by atoms with Crippen LogP contribution in [0, 0.1) is 50.2 Å². The van der Waals surface area contributed by atoms with Crippen LogP contribution in [0.25, 0.3) is 0 Å². The summed E-state index contributed by atoms with van der Waals surface area (Å²) in [4.78, 5) is 12.8. The van der Waals surface area contributed by atoms with Crippen molar-refractivity contribution in [3.8, 4) is 0 Å². The molecule has 0 radical (unpaired) electrons. The van der Waals surface area contributed by atoms with Gasteiger partial charge in [-0.25, -0.2) is 0 Å². The van der Waals surface area contributed by atoms with Crippen molar-refractivity contribution in [3.05, 3.63) is 11.6 Å². The van der Waals surface area contributed by atoms with Crippen molar-refractivity contribution in [2.24, 2.45) is 50.2 Å². The van der Waals surface area contributed by atoms with Crippen LogP contribution in [-0.4, -0.2) is 104 Å². The topological polar surface area (TPSA) is 177 Å². The molecule has 0 bridgehead atoms. The molecular formula is C36H58O10. The Balaban J connectivity index is 1.35. The van der Waals surface area contributed by atoms with Crippen LogP contribution in [-0.2, 0) is 14.3 Å². The zero-order chi connectivity index (χ0) is 33.8. The third kappa shape index (κ3) is 4.57. The molecule has 5 fully saturated rings. The Morgan fingerprint density at radius 3 is 2.22 bits per heavy atom. The summed E-state index contributed by atoms with van der Waals surface area (Å²) >= 11 is 0. The van der Waals surface area contributed by atoms with Gasteiger partial charge in [-0.3, -0.25) is 0 Å². The highest BCUT2D eigenvalue weighted by atomic mass is 16.7. The van der Waals surface area contributed by atoms with E-state index in [9.17, 15) is 40.5 Å². The Morgan fingerprint density at radius 2 is 1.59 bits per heavy atom. The molecule has 1 unspecified atom stereocenters. The van der Waals surface area contributed by atoms with Crippen LogP contribution in [0.1, 0.15) is 92.9 Å². The highest BCUT2D eigenvalue weighted by Gasteiger charge is 2.71. The fourth-order valence-corrected chi connectivity index (χ4v) is 12.3. The SMILES string of the molecule is CC1(C)CC[C@]2(C=O)C(O)C[C@]3(C)C(=CC[C@@H]4[C@@]5(C)C[C@@H](O)[C@H](O[C@@H]6O[C@H](CO)[C@@H](O)[C@H](O)[C@H]6O)[C@@](C)(CO)[C@@H]5CC[C@]43C)[C@@H]2C1. The molecule has 4 saturated carbocycles. The summed E-state index contributed by atoms with van der Waals surface area (Å²) in [7, 11) is 0. The van der Waals surface area contributed by atoms with Gasteiger partial charge in [0.15, 0.2) is 6.29 Å². The van der Waals surface area contributed by atoms with Gasteiger partial charge in [0.05, 0.1) is 36.9 Å². The Kier molecular flexibility index (Phi) is 8.56. The van der Waals surface area contributed by atoms with Crippen LogP contribution in [0.4, 0.5) is 0 Å². The van der Waals surface area contributed by atoms with E-state index >= 15 is 0 Å². The third-order valence-electron chi connectivity index (χ3n) is 15.2. The van der Waals surface area contributed by atoms with E-state index in [1.165, 1.54) is 5.57 Å². The Morgan fingerprint density at radius 1 is 0.891 bits per heavy atom. The minimum atomic E-state index is -1.61. The largest absolute Gasteiger partial charge is 0.396 e. The van der Waals surface area contributed by atoms with Gasteiger partial charge in [-0.05, 0) is 90.8 Å². The molecular weight excluding hydrogens is 592 g/mol. The first kappa shape index (κ1) is 34.9. The molecule has 0 spiro atoms. The molecule has 6 rings (SSSR count). The van der Waals surface area contributed by atoms with Crippen LogP contribution in [0.2, 0.25) is 0 Å². The molecule has 1 saturated heterocycles. The zero-order valence-corrected chi connectivity index (χ0v) is 28.4. The molecule has 10 heteroatoms. The van der Waals surface area contributed by atoms with E-state index in [1.54, 1.807) is 0 Å². The van der Waals surface area contributed by atoms with E-state index in [0.29, 0.717) is 19.3 Å². The van der Waals surface area contributed by atoms with E-state index in [1.807, 2.05) is 6.92 Å². The molecule has 6 aliphatic rings. The summed E-state index contributed by atoms with van der Waals surface area (Å²) in [5, 5.41) is 75.8. The molecule has 0 aromatic carbocycles. The number of aliphatic hydroxyl groups is 7. The van der Waals surface area contributed by atoms with Gasteiger partial charge in [0.25, 0.3) is 0 Å². The summed E-state index contributed by atoms with van der Waals surface area (Å²) in [6.07, 6.45) is -0.866. The van der Waals surface area contributed by atoms with E-state index in [0.717, 1.165) is 38.4 Å². The minimum absolute atomic E-state index is 0.0122. The lowest BCUT2D eigenvalue weighted by Crippen LogP contribution is -2.70. The van der Waals surface area contributed by atoms with Crippen molar-refractivity contribution in [3.63, 3.8) is 0 Å². The Labute approximate surface area is 273 Å². The second kappa shape index (κ2) is 11.3. The highest BCUT2D eigenvalue weighted by molar-refractivity contribution is 5.64. The van der Waals surface area contributed by atoms with E-state index in [4.69, 9.17) is 9.47 Å². The predicted octanol–water partition coefficient (Wildman–Crippen LogP) is 2.09. The maximum absolute atomic E-state index is 12.8. The lowest BCUT2D eigenvalue weighted by molar-refractivity contribution is -0.345. The number of fused-ring (bicyclic) bond motifs is 7. The fourth-order valence-electron chi connectivity index (χ4n) is 12.3. The average Bonchev–Trinajstić information content (AvgIpc) is 2.99. The van der Waals surface area contributed by atoms with Crippen molar-refractivity contribution in [2.75, 3.05) is 13.2 Å². The molecule has 0 aromatic rings. The zero-order valence-electron chi connectivity index (χ0n) is 28.4. The normalized spacial score (nSPS) is 56.5. The first-order valence-corrected chi connectivity index (χ1v) is 17.5. The van der Waals surface area contributed by atoms with Gasteiger partial charge in [0, 0.05) is 5.41 Å². The number of ether oxygens (including phenoxy) is 2. The molecule has 46 heavy (non-hydrogen) atoms. The van der Waals surface area contributed by atoms with Gasteiger partial charge in [-0.15, -0.1) is 0 Å². The number of aliphatic hydroxyl groups excluding tert-OH is 7. The maximum Gasteiger partial charge on any atom is 0.187 e. The summed E-state index contributed by atoms with van der Waals surface area (Å²) in [6, 6.07) is 0. The van der Waals surface area contributed by atoms with Gasteiger partial charge < -0.3 is 50.0 Å². The van der Waals surface area contributed by atoms with Gasteiger partial charge in [-0.1, -0.05) is 53.2 Å². The van der Waals surface area contributed by atoms with Gasteiger partial charge in [-0.2, -0.15) is 0 Å². The van der Waals surface area contributed by atoms with Crippen molar-refractivity contribution in [1.82, 2.24) is 0 Å². The monoisotopic (exact) mass is 650 g/mol. The third-order valence-corrected chi connectivity index (χ3v) is 15.2. The van der Waals surface area contributed by atoms with E-state index in [-0.39, 0.29) is 40.6 Å². The van der Waals surface area contributed by atoms with Crippen LogP contribution in [0.5, 0.6) is 0 Å². The van der Waals surface area contributed by atoms with E-state index < -0.39 is 71.9 Å². The second-order valence-corrected chi connectivity index (χ2v) is 17.9. The molecule has 0 aromatic heterocycles. The molecule has 10 nitrogen and oxygen atoms in total. The van der Waals surface area contributed by atoms with Gasteiger partial charge >= 0.3 is 0 Å². The van der Waals surface area contributed by atoms with Crippen LogP contribution >= 0.6 is 0 Å². The number of allylic oxidation sites excluding steroid dienone is 2. The van der Waals surface area contributed by atoms with Crippen molar-refractivity contribution in [1.29, 1.82) is 0 Å². The van der Waals surface area contributed by atoms with Crippen LogP contribution < -0.4 is 0 Å². The lowest BCUT2D eigenvalue weighted by Gasteiger charge is -2.72. The number of hydrogen-bond donors (Lipinski definition) is 7. The number of aldehydes is 1. The van der Waals surface area contributed by atoms with Gasteiger partial charge in [0.2, 0.25) is 0 Å². The number of carbonyl (C=O) groups excluding carboxylic acids is 1. The highest BCUT2D eigenvalue weighted by Crippen LogP contribution is 2.75. The van der Waals surface area contributed by atoms with Crippen LogP contribution in [0.3, 0.4) is 0 Å². The van der Waals surface area contributed by atoms with Gasteiger partial charge in [0.1, 0.15) is 30.7 Å².